The summed E-state index contributed by atoms with van der Waals surface area (Å²) in [5.74, 6) is 0. The maximum absolute atomic E-state index is 2.40. The normalized spacial score (nSPS) is 12.6. The molecule has 0 amide bonds. The Morgan fingerprint density at radius 2 is 0.615 bits per heavy atom. The quantitative estimate of drug-likeness (QED) is 0.164. The van der Waals surface area contributed by atoms with Gasteiger partial charge in [-0.15, -0.1) is 0 Å². The molecule has 8 aromatic carbocycles. The van der Waals surface area contributed by atoms with Gasteiger partial charge < -0.3 is 4.90 Å². The molecule has 1 aliphatic rings. The molecule has 1 nitrogen and oxygen atoms in total. The van der Waals surface area contributed by atoms with Crippen LogP contribution in [0.4, 0.5) is 17.1 Å². The number of benzene rings is 8. The molecule has 0 fully saturated rings. The van der Waals surface area contributed by atoms with Gasteiger partial charge in [-0.2, -0.15) is 0 Å². The van der Waals surface area contributed by atoms with Gasteiger partial charge in [-0.25, -0.2) is 0 Å². The van der Waals surface area contributed by atoms with Crippen molar-refractivity contribution in [3.05, 3.63) is 211 Å². The van der Waals surface area contributed by atoms with Gasteiger partial charge in [0.2, 0.25) is 0 Å². The first-order chi connectivity index (χ1) is 25.5. The highest BCUT2D eigenvalue weighted by atomic mass is 15.1. The number of hydrogen-bond donors (Lipinski definition) is 0. The molecule has 0 bridgehead atoms. The van der Waals surface area contributed by atoms with Crippen molar-refractivity contribution in [3.8, 4) is 55.6 Å². The van der Waals surface area contributed by atoms with E-state index >= 15 is 0 Å². The van der Waals surface area contributed by atoms with Gasteiger partial charge in [-0.05, 0) is 121 Å². The summed E-state index contributed by atoms with van der Waals surface area (Å²) in [6.07, 6.45) is 0. The molecule has 0 aromatic heterocycles. The fourth-order valence-electron chi connectivity index (χ4n) is 7.90. The van der Waals surface area contributed by atoms with Crippen molar-refractivity contribution in [1.29, 1.82) is 0 Å². The molecule has 0 atom stereocenters. The number of hydrogen-bond acceptors (Lipinski definition) is 1. The van der Waals surface area contributed by atoms with Crippen molar-refractivity contribution in [2.24, 2.45) is 0 Å². The van der Waals surface area contributed by atoms with Crippen LogP contribution in [0.2, 0.25) is 0 Å². The molecule has 0 aliphatic heterocycles. The summed E-state index contributed by atoms with van der Waals surface area (Å²) in [5, 5.41) is 0. The third-order valence-corrected chi connectivity index (χ3v) is 10.7. The van der Waals surface area contributed by atoms with Crippen molar-refractivity contribution in [2.45, 2.75) is 19.3 Å². The molecule has 52 heavy (non-hydrogen) atoms. The van der Waals surface area contributed by atoms with E-state index in [1.807, 2.05) is 0 Å². The van der Waals surface area contributed by atoms with E-state index in [2.05, 4.69) is 219 Å². The molecule has 8 aromatic rings. The summed E-state index contributed by atoms with van der Waals surface area (Å²) >= 11 is 0. The first-order valence-electron chi connectivity index (χ1n) is 18.1. The van der Waals surface area contributed by atoms with Gasteiger partial charge in [-0.1, -0.05) is 159 Å². The largest absolute Gasteiger partial charge is 0.311 e. The van der Waals surface area contributed by atoms with E-state index in [1.165, 1.54) is 66.8 Å². The van der Waals surface area contributed by atoms with Gasteiger partial charge in [0.1, 0.15) is 0 Å². The summed E-state index contributed by atoms with van der Waals surface area (Å²) in [4.78, 5) is 2.32. The summed E-state index contributed by atoms with van der Waals surface area (Å²) in [6, 6.07) is 72.7. The Kier molecular flexibility index (Phi) is 7.90. The highest BCUT2D eigenvalue weighted by Crippen LogP contribution is 2.50. The average molecular weight is 666 g/mol. The molecule has 248 valence electrons. The standard InChI is InChI=1S/C51H39N/c1-51(2)49-31-25-42(37-15-8-4-9-16-37)34-47(49)48-35-43(26-32-50(48)51)41-18-12-17-40(33-41)39-23-29-46(30-24-39)52(44-19-10-5-11-20-44)45-27-21-38(22-28-45)36-13-6-3-7-14-36/h3-35H,1-2H3. The lowest BCUT2D eigenvalue weighted by molar-refractivity contribution is 0.660. The zero-order chi connectivity index (χ0) is 35.1. The van der Waals surface area contributed by atoms with Crippen LogP contribution in [-0.4, -0.2) is 0 Å². The Labute approximate surface area is 307 Å². The SMILES string of the molecule is CC1(C)c2ccc(-c3ccccc3)cc2-c2cc(-c3cccc(-c4ccc(N(c5ccccc5)c5ccc(-c6ccccc6)cc5)cc4)c3)ccc21. The molecule has 1 heteroatoms. The molecule has 0 saturated heterocycles. The number of nitrogens with zero attached hydrogens (tertiary/aromatic N) is 1. The van der Waals surface area contributed by atoms with Crippen molar-refractivity contribution in [3.63, 3.8) is 0 Å². The van der Waals surface area contributed by atoms with Crippen LogP contribution in [-0.2, 0) is 5.41 Å². The van der Waals surface area contributed by atoms with Crippen LogP contribution in [0.3, 0.4) is 0 Å². The molecular formula is C51H39N. The average Bonchev–Trinajstić information content (AvgIpc) is 3.44. The van der Waals surface area contributed by atoms with Crippen molar-refractivity contribution < 1.29 is 0 Å². The molecule has 0 radical (unpaired) electrons. The van der Waals surface area contributed by atoms with Crippen LogP contribution >= 0.6 is 0 Å². The number of para-hydroxylation sites is 1. The van der Waals surface area contributed by atoms with Gasteiger partial charge in [-0.3, -0.25) is 0 Å². The minimum atomic E-state index is -0.0421. The zero-order valence-electron chi connectivity index (χ0n) is 29.5. The van der Waals surface area contributed by atoms with Crippen LogP contribution in [0.5, 0.6) is 0 Å². The monoisotopic (exact) mass is 665 g/mol. The van der Waals surface area contributed by atoms with Gasteiger partial charge in [0.05, 0.1) is 0 Å². The van der Waals surface area contributed by atoms with E-state index < -0.39 is 0 Å². The Balaban J connectivity index is 1.04. The Morgan fingerprint density at radius 1 is 0.288 bits per heavy atom. The van der Waals surface area contributed by atoms with Crippen LogP contribution < -0.4 is 4.90 Å². The van der Waals surface area contributed by atoms with Gasteiger partial charge in [0, 0.05) is 22.5 Å². The first kappa shape index (κ1) is 31.5. The Bertz CT molecular complexity index is 2500. The van der Waals surface area contributed by atoms with E-state index in [4.69, 9.17) is 0 Å². The fourth-order valence-corrected chi connectivity index (χ4v) is 7.90. The number of anilines is 3. The third kappa shape index (κ3) is 5.71. The predicted molar refractivity (Wildman–Crippen MR) is 220 cm³/mol. The summed E-state index contributed by atoms with van der Waals surface area (Å²) < 4.78 is 0. The third-order valence-electron chi connectivity index (χ3n) is 10.7. The van der Waals surface area contributed by atoms with Crippen molar-refractivity contribution in [1.82, 2.24) is 0 Å². The van der Waals surface area contributed by atoms with E-state index in [0.29, 0.717) is 0 Å². The molecule has 0 heterocycles. The Morgan fingerprint density at radius 3 is 1.13 bits per heavy atom. The molecular weight excluding hydrogens is 627 g/mol. The molecule has 1 aliphatic carbocycles. The second kappa shape index (κ2) is 13.0. The lowest BCUT2D eigenvalue weighted by Gasteiger charge is -2.26. The Hall–Kier alpha value is -6.44. The van der Waals surface area contributed by atoms with E-state index in [-0.39, 0.29) is 5.41 Å². The lowest BCUT2D eigenvalue weighted by atomic mass is 9.82. The summed E-state index contributed by atoms with van der Waals surface area (Å²) in [7, 11) is 0. The highest BCUT2D eigenvalue weighted by molar-refractivity contribution is 5.88. The van der Waals surface area contributed by atoms with Gasteiger partial charge in [0.15, 0.2) is 0 Å². The van der Waals surface area contributed by atoms with Crippen LogP contribution in [0.1, 0.15) is 25.0 Å². The zero-order valence-corrected chi connectivity index (χ0v) is 29.5. The van der Waals surface area contributed by atoms with Gasteiger partial charge >= 0.3 is 0 Å². The van der Waals surface area contributed by atoms with Crippen LogP contribution in [0, 0.1) is 0 Å². The first-order valence-corrected chi connectivity index (χ1v) is 18.1. The highest BCUT2D eigenvalue weighted by Gasteiger charge is 2.35. The van der Waals surface area contributed by atoms with Crippen LogP contribution in [0.15, 0.2) is 200 Å². The summed E-state index contributed by atoms with van der Waals surface area (Å²) in [5.41, 5.74) is 18.6. The lowest BCUT2D eigenvalue weighted by Crippen LogP contribution is -2.14. The second-order valence-corrected chi connectivity index (χ2v) is 14.2. The van der Waals surface area contributed by atoms with Crippen molar-refractivity contribution in [2.75, 3.05) is 4.90 Å². The smallest absolute Gasteiger partial charge is 0.0462 e. The summed E-state index contributed by atoms with van der Waals surface area (Å²) in [6.45, 7) is 4.70. The maximum Gasteiger partial charge on any atom is 0.0462 e. The second-order valence-electron chi connectivity index (χ2n) is 14.2. The minimum absolute atomic E-state index is 0.0421. The predicted octanol–water partition coefficient (Wildman–Crippen LogP) is 14.1. The molecule has 0 spiro atoms. The fraction of sp³-hybridized carbons (Fsp3) is 0.0588. The molecule has 0 N–H and O–H groups in total. The minimum Gasteiger partial charge on any atom is -0.311 e. The topological polar surface area (TPSA) is 3.24 Å². The molecule has 9 rings (SSSR count). The molecule has 0 unspecified atom stereocenters. The van der Waals surface area contributed by atoms with Crippen molar-refractivity contribution >= 4 is 17.1 Å². The van der Waals surface area contributed by atoms with Crippen LogP contribution in [0.25, 0.3) is 55.6 Å². The maximum atomic E-state index is 2.40. The van der Waals surface area contributed by atoms with Gasteiger partial charge in [0.25, 0.3) is 0 Å². The van der Waals surface area contributed by atoms with E-state index in [1.54, 1.807) is 0 Å². The number of rotatable bonds is 7. The van der Waals surface area contributed by atoms with E-state index in [9.17, 15) is 0 Å². The molecule has 0 saturated carbocycles. The van der Waals surface area contributed by atoms with E-state index in [0.717, 1.165) is 17.1 Å². The number of fused-ring (bicyclic) bond motifs is 3.